The summed E-state index contributed by atoms with van der Waals surface area (Å²) < 4.78 is 45.4. The second-order valence-corrected chi connectivity index (χ2v) is 9.15. The van der Waals surface area contributed by atoms with Gasteiger partial charge in [0.05, 0.1) is 10.2 Å². The summed E-state index contributed by atoms with van der Waals surface area (Å²) in [5.74, 6) is -0.360. The lowest BCUT2D eigenvalue weighted by Crippen LogP contribution is -2.46. The highest BCUT2D eigenvalue weighted by Crippen LogP contribution is 2.25. The van der Waals surface area contributed by atoms with Crippen LogP contribution in [0.2, 0.25) is 0 Å². The highest BCUT2D eigenvalue weighted by Gasteiger charge is 2.27. The predicted molar refractivity (Wildman–Crippen MR) is 112 cm³/mol. The number of rotatable bonds is 7. The number of nitrogens with one attached hydrogen (secondary N) is 4. The van der Waals surface area contributed by atoms with Crippen molar-refractivity contribution < 1.29 is 32.5 Å². The molecule has 1 amide bonds. The van der Waals surface area contributed by atoms with Crippen molar-refractivity contribution in [1.29, 1.82) is 0 Å². The Morgan fingerprint density at radius 3 is 2.53 bits per heavy atom. The molecule has 16 heteroatoms. The number of hydrogen-bond acceptors (Lipinski definition) is 9. The standard InChI is InChI=1S/C16H19BrFN7O6S/c17-11-7-10(5-6-12(11)18)20-14(21-28)13-15(23-31-22-13)19-8-1-3-9(4-2-8)24-32(29,30)25-16(26)27/h5-9,24-25,28H,1-4H2,(H,19,23)(H,20,21)(H,26,27). The second kappa shape index (κ2) is 10.2. The average molecular weight is 536 g/mol. The van der Waals surface area contributed by atoms with Crippen LogP contribution in [-0.4, -0.2) is 53.1 Å². The lowest BCUT2D eigenvalue weighted by atomic mass is 9.92. The molecule has 0 unspecified atom stereocenters. The Balaban J connectivity index is 1.64. The van der Waals surface area contributed by atoms with E-state index in [1.807, 2.05) is 5.48 Å². The number of aromatic nitrogens is 2. The van der Waals surface area contributed by atoms with Gasteiger partial charge in [-0.15, -0.1) is 0 Å². The zero-order chi connectivity index (χ0) is 23.3. The van der Waals surface area contributed by atoms with Crippen LogP contribution in [0.15, 0.2) is 32.3 Å². The Morgan fingerprint density at radius 2 is 1.91 bits per heavy atom. The van der Waals surface area contributed by atoms with E-state index in [-0.39, 0.29) is 27.9 Å². The summed E-state index contributed by atoms with van der Waals surface area (Å²) in [7, 11) is -4.14. The molecule has 0 saturated heterocycles. The number of carbonyl (C=O) groups is 1. The molecule has 174 valence electrons. The maximum absolute atomic E-state index is 13.4. The van der Waals surface area contributed by atoms with E-state index in [1.54, 1.807) is 0 Å². The summed E-state index contributed by atoms with van der Waals surface area (Å²) >= 11 is 3.06. The van der Waals surface area contributed by atoms with Crippen LogP contribution in [-0.2, 0) is 10.2 Å². The predicted octanol–water partition coefficient (Wildman–Crippen LogP) is 1.85. The van der Waals surface area contributed by atoms with Gasteiger partial charge in [0.25, 0.3) is 0 Å². The summed E-state index contributed by atoms with van der Waals surface area (Å²) in [6.07, 6.45) is 0.304. The van der Waals surface area contributed by atoms with Crippen LogP contribution in [0.4, 0.5) is 20.7 Å². The number of amidine groups is 1. The van der Waals surface area contributed by atoms with Crippen molar-refractivity contribution >= 4 is 49.6 Å². The molecule has 6 N–H and O–H groups in total. The van der Waals surface area contributed by atoms with Gasteiger partial charge in [-0.2, -0.15) is 13.1 Å². The van der Waals surface area contributed by atoms with Gasteiger partial charge in [-0.05, 0) is 70.1 Å². The molecule has 0 radical (unpaired) electrons. The van der Waals surface area contributed by atoms with E-state index in [1.165, 1.54) is 22.9 Å². The Kier molecular flexibility index (Phi) is 7.60. The molecule has 1 aliphatic carbocycles. The Hall–Kier alpha value is -2.82. The summed E-state index contributed by atoms with van der Waals surface area (Å²) in [6, 6.07) is 3.48. The van der Waals surface area contributed by atoms with E-state index in [0.717, 1.165) is 0 Å². The second-order valence-electron chi connectivity index (χ2n) is 6.85. The molecule has 1 aliphatic rings. The van der Waals surface area contributed by atoms with Gasteiger partial charge < -0.3 is 10.4 Å². The fourth-order valence-corrected chi connectivity index (χ4v) is 4.50. The zero-order valence-corrected chi connectivity index (χ0v) is 18.7. The lowest BCUT2D eigenvalue weighted by molar-refractivity contribution is 0.200. The molecule has 1 heterocycles. The molecule has 1 aromatic heterocycles. The molecule has 1 aromatic carbocycles. The molecule has 0 aliphatic heterocycles. The van der Waals surface area contributed by atoms with E-state index < -0.39 is 28.2 Å². The third-order valence-electron chi connectivity index (χ3n) is 4.57. The minimum atomic E-state index is -4.14. The highest BCUT2D eigenvalue weighted by atomic mass is 79.9. The average Bonchev–Trinajstić information content (AvgIpc) is 3.17. The largest absolute Gasteiger partial charge is 0.464 e. The smallest absolute Gasteiger partial charge is 0.419 e. The minimum absolute atomic E-state index is 0.0847. The number of nitrogens with zero attached hydrogens (tertiary/aromatic N) is 3. The van der Waals surface area contributed by atoms with Gasteiger partial charge in [-0.3, -0.25) is 10.7 Å². The Labute approximate surface area is 189 Å². The van der Waals surface area contributed by atoms with E-state index in [4.69, 9.17) is 9.74 Å². The van der Waals surface area contributed by atoms with Crippen LogP contribution in [0.1, 0.15) is 31.4 Å². The van der Waals surface area contributed by atoms with Gasteiger partial charge in [0.15, 0.2) is 11.5 Å². The molecule has 0 spiro atoms. The normalized spacial score (nSPS) is 19.4. The maximum atomic E-state index is 13.4. The molecule has 0 atom stereocenters. The molecule has 3 rings (SSSR count). The highest BCUT2D eigenvalue weighted by molar-refractivity contribution is 9.10. The van der Waals surface area contributed by atoms with Crippen molar-refractivity contribution in [3.63, 3.8) is 0 Å². The molecule has 1 fully saturated rings. The first-order chi connectivity index (χ1) is 15.2. The SMILES string of the molecule is O=C(O)NS(=O)(=O)NC1CCC(Nc2nonc2C(=Nc2ccc(F)c(Br)c2)NO)CC1. The Morgan fingerprint density at radius 1 is 1.22 bits per heavy atom. The number of benzene rings is 1. The maximum Gasteiger partial charge on any atom is 0.419 e. The molecule has 13 nitrogen and oxygen atoms in total. The fourth-order valence-electron chi connectivity index (χ4n) is 3.17. The lowest BCUT2D eigenvalue weighted by Gasteiger charge is -2.29. The van der Waals surface area contributed by atoms with Crippen LogP contribution in [0.5, 0.6) is 0 Å². The van der Waals surface area contributed by atoms with Crippen molar-refractivity contribution in [1.82, 2.24) is 25.2 Å². The van der Waals surface area contributed by atoms with Crippen molar-refractivity contribution in [3.05, 3.63) is 34.2 Å². The minimum Gasteiger partial charge on any atom is -0.464 e. The van der Waals surface area contributed by atoms with E-state index >= 15 is 0 Å². The van der Waals surface area contributed by atoms with Gasteiger partial charge in [0.1, 0.15) is 5.82 Å². The van der Waals surface area contributed by atoms with Crippen molar-refractivity contribution in [3.8, 4) is 0 Å². The first-order valence-corrected chi connectivity index (χ1v) is 11.5. The number of hydroxylamine groups is 1. The molecule has 2 aromatic rings. The summed E-state index contributed by atoms with van der Waals surface area (Å²) in [4.78, 5) is 14.7. The number of hydrogen-bond donors (Lipinski definition) is 6. The number of anilines is 1. The van der Waals surface area contributed by atoms with E-state index in [2.05, 4.69) is 41.3 Å². The van der Waals surface area contributed by atoms with Crippen molar-refractivity contribution in [2.24, 2.45) is 4.99 Å². The van der Waals surface area contributed by atoms with Crippen LogP contribution >= 0.6 is 15.9 Å². The number of carboxylic acid groups (broad SMARTS) is 1. The molecule has 0 bridgehead atoms. The van der Waals surface area contributed by atoms with Crippen molar-refractivity contribution in [2.45, 2.75) is 37.8 Å². The fraction of sp³-hybridized carbons (Fsp3) is 0.375. The quantitative estimate of drug-likeness (QED) is 0.173. The summed E-state index contributed by atoms with van der Waals surface area (Å²) in [6.45, 7) is 0. The molecular formula is C16H19BrFN7O6S. The monoisotopic (exact) mass is 535 g/mol. The Bertz CT molecular complexity index is 1100. The van der Waals surface area contributed by atoms with Gasteiger partial charge in [-0.1, -0.05) is 0 Å². The third kappa shape index (κ3) is 6.35. The molecular weight excluding hydrogens is 517 g/mol. The molecule has 1 saturated carbocycles. The number of aliphatic imine (C=N–C) groups is 1. The van der Waals surface area contributed by atoms with Gasteiger partial charge in [-0.25, -0.2) is 23.5 Å². The van der Waals surface area contributed by atoms with Crippen LogP contribution in [0, 0.1) is 5.82 Å². The van der Waals surface area contributed by atoms with Gasteiger partial charge in [0, 0.05) is 12.1 Å². The summed E-state index contributed by atoms with van der Waals surface area (Å²) in [5.41, 5.74) is 2.33. The third-order valence-corrected chi connectivity index (χ3v) is 6.27. The first kappa shape index (κ1) is 23.8. The van der Waals surface area contributed by atoms with E-state index in [0.29, 0.717) is 31.4 Å². The first-order valence-electron chi connectivity index (χ1n) is 9.23. The molecule has 32 heavy (non-hydrogen) atoms. The van der Waals surface area contributed by atoms with Crippen LogP contribution in [0.3, 0.4) is 0 Å². The van der Waals surface area contributed by atoms with Gasteiger partial charge >= 0.3 is 16.3 Å². The van der Waals surface area contributed by atoms with Crippen LogP contribution < -0.4 is 20.2 Å². The van der Waals surface area contributed by atoms with Crippen LogP contribution in [0.25, 0.3) is 0 Å². The van der Waals surface area contributed by atoms with Crippen molar-refractivity contribution in [2.75, 3.05) is 5.32 Å². The topological polar surface area (TPSA) is 191 Å². The summed E-state index contributed by atoms with van der Waals surface area (Å²) in [5, 5.41) is 28.7. The number of halogens is 2. The zero-order valence-electron chi connectivity index (χ0n) is 16.2. The number of amides is 1. The van der Waals surface area contributed by atoms with E-state index in [9.17, 15) is 22.8 Å². The van der Waals surface area contributed by atoms with Gasteiger partial charge in [0.2, 0.25) is 5.82 Å².